The van der Waals surface area contributed by atoms with Crippen LogP contribution in [0.15, 0.2) is 237 Å². The van der Waals surface area contributed by atoms with Gasteiger partial charge in [-0.1, -0.05) is 194 Å². The Morgan fingerprint density at radius 3 is 1.33 bits per heavy atom. The number of anilines is 3. The van der Waals surface area contributed by atoms with E-state index in [1.165, 1.54) is 77.2 Å². The second kappa shape index (κ2) is 15.0. The normalized spacial score (nSPS) is 11.2. The molecule has 0 amide bonds. The van der Waals surface area contributed by atoms with E-state index in [0.717, 1.165) is 17.1 Å². The SMILES string of the molecule is c1ccc(-c2cccc(-c3ccc(N(c4ccc(-c5cccc6c5ccc5ccccc56)cc4)c4ccc(-c5ccccc5)cc4-c4ccccc4)cc3)c2)cc1. The van der Waals surface area contributed by atoms with Gasteiger partial charge in [0.1, 0.15) is 0 Å². The van der Waals surface area contributed by atoms with Crippen LogP contribution in [-0.2, 0) is 0 Å². The van der Waals surface area contributed by atoms with Gasteiger partial charge in [0, 0.05) is 16.9 Å². The zero-order valence-corrected chi connectivity index (χ0v) is 31.5. The van der Waals surface area contributed by atoms with Crippen molar-refractivity contribution in [3.05, 3.63) is 237 Å². The molecule has 57 heavy (non-hydrogen) atoms. The summed E-state index contributed by atoms with van der Waals surface area (Å²) in [6, 6.07) is 85.6. The number of rotatable bonds is 8. The van der Waals surface area contributed by atoms with E-state index in [9.17, 15) is 0 Å². The fourth-order valence-electron chi connectivity index (χ4n) is 8.21. The first-order valence-corrected chi connectivity index (χ1v) is 19.6. The minimum Gasteiger partial charge on any atom is -0.310 e. The standard InChI is InChI=1S/C56H39N/c1-4-14-40(15-5-1)46-21-12-22-47(38-46)42-26-32-49(33-27-42)57(56-37-31-48(41-16-6-2-7-17-41)39-55(56)43-18-8-3-9-19-43)50-34-28-45(29-35-50)52-24-13-25-53-51-23-11-10-20-44(51)30-36-54(52)53/h1-39H. The molecule has 0 radical (unpaired) electrons. The van der Waals surface area contributed by atoms with Gasteiger partial charge < -0.3 is 4.90 Å². The van der Waals surface area contributed by atoms with Crippen molar-refractivity contribution in [2.24, 2.45) is 0 Å². The van der Waals surface area contributed by atoms with E-state index in [-0.39, 0.29) is 0 Å². The molecule has 0 saturated carbocycles. The van der Waals surface area contributed by atoms with Gasteiger partial charge in [0.2, 0.25) is 0 Å². The third-order valence-electron chi connectivity index (χ3n) is 11.1. The average molecular weight is 726 g/mol. The van der Waals surface area contributed by atoms with Crippen molar-refractivity contribution in [3.63, 3.8) is 0 Å². The summed E-state index contributed by atoms with van der Waals surface area (Å²) in [5.41, 5.74) is 15.2. The summed E-state index contributed by atoms with van der Waals surface area (Å²) in [5.74, 6) is 0. The highest BCUT2D eigenvalue weighted by molar-refractivity contribution is 6.12. The van der Waals surface area contributed by atoms with Crippen molar-refractivity contribution in [1.29, 1.82) is 0 Å². The smallest absolute Gasteiger partial charge is 0.0540 e. The third-order valence-corrected chi connectivity index (χ3v) is 11.1. The molecule has 0 saturated heterocycles. The Balaban J connectivity index is 1.10. The van der Waals surface area contributed by atoms with Crippen LogP contribution in [0.1, 0.15) is 0 Å². The molecule has 1 heteroatoms. The highest BCUT2D eigenvalue weighted by Crippen LogP contribution is 2.44. The van der Waals surface area contributed by atoms with Crippen LogP contribution in [0.4, 0.5) is 17.1 Å². The van der Waals surface area contributed by atoms with Crippen molar-refractivity contribution in [3.8, 4) is 55.6 Å². The van der Waals surface area contributed by atoms with Crippen LogP contribution in [0, 0.1) is 0 Å². The largest absolute Gasteiger partial charge is 0.310 e. The molecule has 10 aromatic carbocycles. The van der Waals surface area contributed by atoms with Gasteiger partial charge in [-0.05, 0) is 114 Å². The van der Waals surface area contributed by atoms with Crippen LogP contribution in [-0.4, -0.2) is 0 Å². The van der Waals surface area contributed by atoms with Gasteiger partial charge in [0.05, 0.1) is 5.69 Å². The van der Waals surface area contributed by atoms with Gasteiger partial charge in [-0.15, -0.1) is 0 Å². The minimum atomic E-state index is 1.09. The second-order valence-electron chi connectivity index (χ2n) is 14.5. The van der Waals surface area contributed by atoms with Gasteiger partial charge >= 0.3 is 0 Å². The summed E-state index contributed by atoms with van der Waals surface area (Å²) < 4.78 is 0. The first-order valence-electron chi connectivity index (χ1n) is 19.6. The Hall–Kier alpha value is -7.48. The number of benzene rings is 10. The molecule has 0 aliphatic heterocycles. The molecule has 1 nitrogen and oxygen atoms in total. The molecule has 10 rings (SSSR count). The first kappa shape index (κ1) is 34.0. The second-order valence-corrected chi connectivity index (χ2v) is 14.5. The van der Waals surface area contributed by atoms with Crippen molar-refractivity contribution >= 4 is 38.6 Å². The number of nitrogens with zero attached hydrogens (tertiary/aromatic N) is 1. The maximum absolute atomic E-state index is 2.40. The lowest BCUT2D eigenvalue weighted by molar-refractivity contribution is 1.28. The molecule has 0 spiro atoms. The predicted molar refractivity (Wildman–Crippen MR) is 243 cm³/mol. The molecule has 0 aromatic heterocycles. The molecule has 0 bridgehead atoms. The van der Waals surface area contributed by atoms with Gasteiger partial charge in [-0.3, -0.25) is 0 Å². The summed E-state index contributed by atoms with van der Waals surface area (Å²) in [4.78, 5) is 2.40. The third kappa shape index (κ3) is 6.66. The molecule has 0 unspecified atom stereocenters. The van der Waals surface area contributed by atoms with Crippen LogP contribution in [0.2, 0.25) is 0 Å². The fraction of sp³-hybridized carbons (Fsp3) is 0. The van der Waals surface area contributed by atoms with Crippen molar-refractivity contribution in [2.45, 2.75) is 0 Å². The minimum absolute atomic E-state index is 1.09. The Morgan fingerprint density at radius 2 is 0.684 bits per heavy atom. The van der Waals surface area contributed by atoms with Gasteiger partial charge in [-0.25, -0.2) is 0 Å². The lowest BCUT2D eigenvalue weighted by Gasteiger charge is -2.29. The van der Waals surface area contributed by atoms with Crippen molar-refractivity contribution in [1.82, 2.24) is 0 Å². The topological polar surface area (TPSA) is 3.24 Å². The quantitative estimate of drug-likeness (QED) is 0.141. The first-order chi connectivity index (χ1) is 28.3. The monoisotopic (exact) mass is 725 g/mol. The molecular formula is C56H39N. The molecule has 0 fully saturated rings. The Morgan fingerprint density at radius 1 is 0.228 bits per heavy atom. The van der Waals surface area contributed by atoms with Crippen LogP contribution in [0.25, 0.3) is 77.2 Å². The van der Waals surface area contributed by atoms with Crippen molar-refractivity contribution in [2.75, 3.05) is 4.90 Å². The van der Waals surface area contributed by atoms with E-state index < -0.39 is 0 Å². The zero-order chi connectivity index (χ0) is 38.0. The van der Waals surface area contributed by atoms with E-state index in [2.05, 4.69) is 241 Å². The maximum atomic E-state index is 2.40. The zero-order valence-electron chi connectivity index (χ0n) is 31.5. The van der Waals surface area contributed by atoms with E-state index >= 15 is 0 Å². The van der Waals surface area contributed by atoms with Crippen LogP contribution >= 0.6 is 0 Å². The molecule has 0 N–H and O–H groups in total. The summed E-state index contributed by atoms with van der Waals surface area (Å²) in [6.07, 6.45) is 0. The molecule has 0 atom stereocenters. The van der Waals surface area contributed by atoms with Crippen LogP contribution < -0.4 is 4.90 Å². The fourth-order valence-corrected chi connectivity index (χ4v) is 8.21. The molecular weight excluding hydrogens is 687 g/mol. The molecule has 0 aliphatic carbocycles. The number of hydrogen-bond donors (Lipinski definition) is 0. The Kier molecular flexibility index (Phi) is 8.95. The van der Waals surface area contributed by atoms with Gasteiger partial charge in [-0.2, -0.15) is 0 Å². The Labute approximate surface area is 334 Å². The predicted octanol–water partition coefficient (Wildman–Crippen LogP) is 15.8. The van der Waals surface area contributed by atoms with E-state index in [1.54, 1.807) is 0 Å². The van der Waals surface area contributed by atoms with Crippen molar-refractivity contribution < 1.29 is 0 Å². The lowest BCUT2D eigenvalue weighted by atomic mass is 9.94. The summed E-state index contributed by atoms with van der Waals surface area (Å²) in [7, 11) is 0. The molecule has 0 aliphatic rings. The maximum Gasteiger partial charge on any atom is 0.0540 e. The summed E-state index contributed by atoms with van der Waals surface area (Å²) >= 11 is 0. The molecule has 10 aromatic rings. The summed E-state index contributed by atoms with van der Waals surface area (Å²) in [5, 5.41) is 5.07. The van der Waals surface area contributed by atoms with E-state index in [0.29, 0.717) is 0 Å². The van der Waals surface area contributed by atoms with Gasteiger partial charge in [0.25, 0.3) is 0 Å². The number of fused-ring (bicyclic) bond motifs is 3. The molecule has 268 valence electrons. The molecule has 0 heterocycles. The van der Waals surface area contributed by atoms with Gasteiger partial charge in [0.15, 0.2) is 0 Å². The average Bonchev–Trinajstić information content (AvgIpc) is 3.30. The highest BCUT2D eigenvalue weighted by Gasteiger charge is 2.19. The van der Waals surface area contributed by atoms with E-state index in [4.69, 9.17) is 0 Å². The summed E-state index contributed by atoms with van der Waals surface area (Å²) in [6.45, 7) is 0. The number of hydrogen-bond acceptors (Lipinski definition) is 1. The Bertz CT molecular complexity index is 2970. The van der Waals surface area contributed by atoms with Crippen LogP contribution in [0.3, 0.4) is 0 Å². The van der Waals surface area contributed by atoms with E-state index in [1.807, 2.05) is 0 Å². The highest BCUT2D eigenvalue weighted by atomic mass is 15.1. The van der Waals surface area contributed by atoms with Crippen LogP contribution in [0.5, 0.6) is 0 Å². The lowest BCUT2D eigenvalue weighted by Crippen LogP contribution is -2.11.